The number of hydrogen-bond donors (Lipinski definition) is 6. The van der Waals surface area contributed by atoms with Crippen LogP contribution in [-0.2, 0) is 38.8 Å². The summed E-state index contributed by atoms with van der Waals surface area (Å²) in [5.74, 6) is 9.87. The van der Waals surface area contributed by atoms with Gasteiger partial charge in [0.2, 0.25) is 0 Å². The number of ether oxygens (including phenoxy) is 2. The molecule has 13 rings (SSSR count). The second-order valence-corrected chi connectivity index (χ2v) is 44.8. The average molecular weight is 1920 g/mol. The molecule has 5 aromatic carbocycles. The molecule has 0 radical (unpaired) electrons. The van der Waals surface area contributed by atoms with Gasteiger partial charge in [-0.1, -0.05) is 237 Å². The summed E-state index contributed by atoms with van der Waals surface area (Å²) in [5, 5.41) is 29.4. The normalized spacial score (nSPS) is 16.8. The van der Waals surface area contributed by atoms with Gasteiger partial charge in [-0.25, -0.2) is 8.42 Å². The number of halogens is 2. The van der Waals surface area contributed by atoms with Crippen LogP contribution in [0.2, 0.25) is 10.0 Å². The van der Waals surface area contributed by atoms with Gasteiger partial charge < -0.3 is 41.4 Å². The summed E-state index contributed by atoms with van der Waals surface area (Å²) in [4.78, 5) is 16.4. The van der Waals surface area contributed by atoms with Crippen LogP contribution in [0.3, 0.4) is 0 Å². The van der Waals surface area contributed by atoms with Crippen LogP contribution < -0.4 is 21.7 Å². The van der Waals surface area contributed by atoms with Crippen LogP contribution in [-0.4, -0.2) is 240 Å². The minimum absolute atomic E-state index is 0.203. The Morgan fingerprint density at radius 3 is 1.24 bits per heavy atom. The Morgan fingerprint density at radius 1 is 0.444 bits per heavy atom. The lowest BCUT2D eigenvalue weighted by atomic mass is 9.87. The first-order valence-corrected chi connectivity index (χ1v) is 54.8. The zero-order valence-corrected chi connectivity index (χ0v) is 92.3. The van der Waals surface area contributed by atoms with Gasteiger partial charge in [-0.2, -0.15) is 11.8 Å². The molecule has 758 valence electrons. The fourth-order valence-corrected chi connectivity index (χ4v) is 19.1. The number of rotatable bonds is 21. The number of aliphatic hydroxyl groups excluding tert-OH is 2. The molecule has 0 bridgehead atoms. The van der Waals surface area contributed by atoms with Gasteiger partial charge in [0.25, 0.3) is 0 Å². The molecule has 6 saturated heterocycles. The van der Waals surface area contributed by atoms with E-state index >= 15 is 0 Å². The van der Waals surface area contributed by atoms with Crippen LogP contribution in [0.5, 0.6) is 0 Å². The highest BCUT2D eigenvalue weighted by Gasteiger charge is 2.24. The molecule has 1 aromatic heterocycles. The molecule has 20 heteroatoms. The Morgan fingerprint density at radius 2 is 0.865 bits per heavy atom. The Labute approximate surface area is 830 Å². The molecule has 7 aliphatic heterocycles. The molecule has 6 aromatic rings. The van der Waals surface area contributed by atoms with Crippen molar-refractivity contribution in [3.8, 4) is 0 Å². The smallest absolute Gasteiger partial charge is 0.152 e. The van der Waals surface area contributed by atoms with Crippen molar-refractivity contribution in [2.24, 2.45) is 29.4 Å². The third-order valence-electron chi connectivity index (χ3n) is 25.4. The second kappa shape index (κ2) is 71.7. The predicted molar refractivity (Wildman–Crippen MR) is 582 cm³/mol. The number of aromatic nitrogens is 1. The number of nitrogens with two attached hydrogens (primary N) is 1. The van der Waals surface area contributed by atoms with Gasteiger partial charge in [-0.15, -0.1) is 0 Å². The SMILES string of the molecule is CC(C)C1=CCNCC1.CC(C)C1CCNCC1.CC(C)N1CCNCC1.CC(C)N1CCOCC1.CC(C)N1CCS(=O)(=O)CC1.CC(C)N1CCSCC1.CC(C)c1cc(Cl)cc(Cl)c1.CC(C)c1ccc(CN)cc1.CC(C)c1cccc(CC(CCO)CCO)c1.CC(C)c1cccc(CN2CCOCC2)c1.Cc1cc(C(C)C)cc(C)n1.Cc1cccc(C)c1C(C)C. The minimum atomic E-state index is -2.69. The lowest BCUT2D eigenvalue weighted by molar-refractivity contribution is 0.0238. The Balaban J connectivity index is 0.000000494. The maximum Gasteiger partial charge on any atom is 0.152 e. The summed E-state index contributed by atoms with van der Waals surface area (Å²) < 4.78 is 32.5. The Bertz CT molecular complexity index is 3850. The number of hydrogen-bond acceptors (Lipinski definition) is 17. The van der Waals surface area contributed by atoms with Crippen molar-refractivity contribution in [2.45, 2.75) is 305 Å². The minimum Gasteiger partial charge on any atom is -0.396 e. The van der Waals surface area contributed by atoms with Gasteiger partial charge in [0, 0.05) is 168 Å². The summed E-state index contributed by atoms with van der Waals surface area (Å²) >= 11 is 13.7. The highest BCUT2D eigenvalue weighted by molar-refractivity contribution is 7.99. The molecule has 16 nitrogen and oxygen atoms in total. The van der Waals surface area contributed by atoms with Crippen molar-refractivity contribution < 1.29 is 28.1 Å². The van der Waals surface area contributed by atoms with Gasteiger partial charge in [0.05, 0.1) is 37.9 Å². The van der Waals surface area contributed by atoms with E-state index in [2.05, 4.69) is 346 Å². The summed E-state index contributed by atoms with van der Waals surface area (Å²) in [6.07, 6.45) is 8.82. The van der Waals surface area contributed by atoms with E-state index in [0.717, 1.165) is 139 Å². The monoisotopic (exact) mass is 1920 g/mol. The number of benzene rings is 5. The number of nitrogens with one attached hydrogen (secondary N) is 3. The molecule has 0 saturated carbocycles. The van der Waals surface area contributed by atoms with E-state index in [1.165, 1.54) is 138 Å². The highest BCUT2D eigenvalue weighted by atomic mass is 35.5. The zero-order valence-electron chi connectivity index (χ0n) is 89.1. The molecule has 7 N–H and O–H groups in total. The van der Waals surface area contributed by atoms with E-state index < -0.39 is 9.84 Å². The van der Waals surface area contributed by atoms with Crippen LogP contribution >= 0.6 is 35.0 Å². The standard InChI is InChI=1S/C15H24O2.C14H21NO.C11H16.2C10H15N.C9H10Cl2.C8H17N.C8H15N.C7H16N2.C7H15NO2S.C7H15NO.C7H15NS/c1-12(2)15-5-3-4-14(11-15)10-13(6-8-16)7-9-17;1-12(2)14-5-3-4-13(10-14)11-15-6-8-16-9-7-15;1-8(2)11-9(3)6-5-7-10(11)4;1-7(2)10-5-8(3)11-9(4)6-10;1-8(2)10-5-3-9(7-11)4-6-10;1-6(2)7-3-8(10)5-9(11)4-7;2*1-7(2)8-3-5-9-6-4-8;1-7(2)9-5-3-8-4-6-9;1-7(2)8-3-5-11(9,10)6-4-8;2*1-7(2)8-3-5-9-6-4-8/h3-5,11-13,16-17H,6-10H2,1-2H3;3-5,10,12H,6-9,11H2,1-2H3;5-8H,1-4H3;5-7H,1-4H3;3-6,8H,7,11H2,1-2H3;3-6H,1-2H3;7-9H,3-6H2,1-2H3;3,7,9H,4-6H2,1-2H3;7-8H,3-6H2,1-2H3;7H,3-6H2,1-2H3;2*7H,3-6H2,1-2H3. The molecule has 0 amide bonds. The number of morpholine rings is 2. The van der Waals surface area contributed by atoms with E-state index in [1.54, 1.807) is 11.6 Å². The number of aryl methyl sites for hydroxylation is 4. The molecular formula is C113H194Cl2N10O6S2. The van der Waals surface area contributed by atoms with Crippen LogP contribution in [0, 0.1) is 51.4 Å². The molecule has 8 heterocycles. The van der Waals surface area contributed by atoms with Crippen LogP contribution in [0.4, 0.5) is 0 Å². The van der Waals surface area contributed by atoms with Crippen LogP contribution in [0.1, 0.15) is 306 Å². The quantitative estimate of drug-likeness (QED) is 0.0374. The summed E-state index contributed by atoms with van der Waals surface area (Å²) in [6, 6.07) is 45.1. The first-order valence-electron chi connectivity index (χ1n) is 51.1. The topological polar surface area (TPSA) is 184 Å². The first-order chi connectivity index (χ1) is 63.0. The largest absolute Gasteiger partial charge is 0.396 e. The van der Waals surface area contributed by atoms with Gasteiger partial charge in [-0.05, 0) is 292 Å². The summed E-state index contributed by atoms with van der Waals surface area (Å²) in [5.41, 5.74) is 24.3. The molecule has 133 heavy (non-hydrogen) atoms. The number of pyridine rings is 1. The lowest BCUT2D eigenvalue weighted by Crippen LogP contribution is -2.46. The third kappa shape index (κ3) is 57.0. The maximum atomic E-state index is 11.0. The molecule has 7 aliphatic rings. The van der Waals surface area contributed by atoms with E-state index in [0.29, 0.717) is 94.7 Å². The lowest BCUT2D eigenvalue weighted by Gasteiger charge is -2.30. The molecule has 0 atom stereocenters. The molecule has 0 aliphatic carbocycles. The van der Waals surface area contributed by atoms with Crippen molar-refractivity contribution in [2.75, 3.05) is 167 Å². The fourth-order valence-electron chi connectivity index (χ4n) is 16.4. The molecular weight excluding hydrogens is 1730 g/mol. The summed E-state index contributed by atoms with van der Waals surface area (Å²) in [6.45, 7) is 85.2. The number of aliphatic hydroxyl groups is 2. The van der Waals surface area contributed by atoms with Crippen LogP contribution in [0.15, 0.2) is 133 Å². The van der Waals surface area contributed by atoms with E-state index in [-0.39, 0.29) is 13.2 Å². The molecule has 0 unspecified atom stereocenters. The highest BCUT2D eigenvalue weighted by Crippen LogP contribution is 2.28. The van der Waals surface area contributed by atoms with Crippen molar-refractivity contribution in [3.63, 3.8) is 0 Å². The van der Waals surface area contributed by atoms with Crippen molar-refractivity contribution in [1.82, 2.24) is 45.4 Å². The number of nitrogens with zero attached hydrogens (tertiary/aromatic N) is 6. The van der Waals surface area contributed by atoms with Gasteiger partial charge >= 0.3 is 0 Å². The summed E-state index contributed by atoms with van der Waals surface area (Å²) in [7, 11) is -2.69. The van der Waals surface area contributed by atoms with Crippen molar-refractivity contribution in [1.29, 1.82) is 0 Å². The number of sulfone groups is 1. The zero-order chi connectivity index (χ0) is 99.5. The fraction of sp³-hybridized carbons (Fsp3) is 0.673. The number of piperidine rings is 1. The third-order valence-corrected chi connectivity index (χ3v) is 28.4. The van der Waals surface area contributed by atoms with Crippen molar-refractivity contribution >= 4 is 44.8 Å². The number of piperazine rings is 1. The van der Waals surface area contributed by atoms with E-state index in [9.17, 15) is 8.42 Å². The first kappa shape index (κ1) is 124. The Hall–Kier alpha value is -4.65. The van der Waals surface area contributed by atoms with E-state index in [4.69, 9.17) is 48.6 Å². The van der Waals surface area contributed by atoms with Crippen molar-refractivity contribution in [3.05, 3.63) is 216 Å². The molecule has 6 fully saturated rings. The van der Waals surface area contributed by atoms with Crippen LogP contribution in [0.25, 0.3) is 0 Å². The maximum absolute atomic E-state index is 11.0. The van der Waals surface area contributed by atoms with Gasteiger partial charge in [-0.3, -0.25) is 29.5 Å². The number of thioether (sulfide) groups is 1. The van der Waals surface area contributed by atoms with Gasteiger partial charge in [0.1, 0.15) is 0 Å². The molecule has 0 spiro atoms. The average Bonchev–Trinajstić information content (AvgIpc) is 0.845. The Kier molecular flexibility index (Phi) is 67.1. The second-order valence-electron chi connectivity index (χ2n) is 40.4. The van der Waals surface area contributed by atoms with Gasteiger partial charge in [0.15, 0.2) is 9.84 Å². The predicted octanol–water partition coefficient (Wildman–Crippen LogP) is 23.8. The van der Waals surface area contributed by atoms with E-state index in [1.807, 2.05) is 26.0 Å².